The zero-order valence-electron chi connectivity index (χ0n) is 12.1. The zero-order valence-corrected chi connectivity index (χ0v) is 12.8. The molecule has 1 aromatic heterocycles. The number of rotatable bonds is 6. The lowest BCUT2D eigenvalue weighted by atomic mass is 10.0. The second-order valence-corrected chi connectivity index (χ2v) is 5.02. The van der Waals surface area contributed by atoms with Gasteiger partial charge in [-0.1, -0.05) is 24.6 Å². The van der Waals surface area contributed by atoms with Crippen molar-refractivity contribution in [3.8, 4) is 5.75 Å². The van der Waals surface area contributed by atoms with Crippen molar-refractivity contribution in [3.63, 3.8) is 0 Å². The molecule has 20 heavy (non-hydrogen) atoms. The first kappa shape index (κ1) is 14.9. The van der Waals surface area contributed by atoms with Crippen molar-refractivity contribution in [1.29, 1.82) is 0 Å². The summed E-state index contributed by atoms with van der Waals surface area (Å²) in [4.78, 5) is 4.49. The summed E-state index contributed by atoms with van der Waals surface area (Å²) in [7, 11) is 3.57. The van der Waals surface area contributed by atoms with E-state index in [0.29, 0.717) is 5.02 Å². The molecule has 0 spiro atoms. The van der Waals surface area contributed by atoms with Gasteiger partial charge in [-0.05, 0) is 25.6 Å². The summed E-state index contributed by atoms with van der Waals surface area (Å²) < 4.78 is 7.61. The molecule has 0 fully saturated rings. The Morgan fingerprint density at radius 2 is 2.25 bits per heavy atom. The number of ether oxygens (including phenoxy) is 1. The summed E-state index contributed by atoms with van der Waals surface area (Å²) in [6, 6.07) is 5.65. The van der Waals surface area contributed by atoms with Crippen LogP contribution in [0.3, 0.4) is 0 Å². The molecule has 0 saturated heterocycles. The number of nitrogens with zero attached hydrogens (tertiary/aromatic N) is 2. The van der Waals surface area contributed by atoms with Crippen LogP contribution in [0.5, 0.6) is 5.75 Å². The van der Waals surface area contributed by atoms with Crippen molar-refractivity contribution in [2.45, 2.75) is 25.9 Å². The van der Waals surface area contributed by atoms with Crippen molar-refractivity contribution in [3.05, 3.63) is 47.0 Å². The molecule has 0 radical (unpaired) electrons. The predicted molar refractivity (Wildman–Crippen MR) is 81.4 cm³/mol. The number of imidazole rings is 1. The number of hydrogen-bond donors (Lipinski definition) is 1. The third kappa shape index (κ3) is 2.97. The van der Waals surface area contributed by atoms with E-state index in [9.17, 15) is 0 Å². The van der Waals surface area contributed by atoms with Crippen molar-refractivity contribution < 1.29 is 4.74 Å². The van der Waals surface area contributed by atoms with Crippen LogP contribution in [0.2, 0.25) is 5.02 Å². The minimum atomic E-state index is -0.0243. The average molecular weight is 294 g/mol. The summed E-state index contributed by atoms with van der Waals surface area (Å²) in [6.07, 6.45) is 4.90. The molecule has 1 unspecified atom stereocenters. The van der Waals surface area contributed by atoms with Gasteiger partial charge in [-0.3, -0.25) is 0 Å². The van der Waals surface area contributed by atoms with E-state index in [1.807, 2.05) is 37.6 Å². The van der Waals surface area contributed by atoms with Crippen LogP contribution in [0.25, 0.3) is 0 Å². The van der Waals surface area contributed by atoms with E-state index in [0.717, 1.165) is 30.1 Å². The molecule has 0 saturated carbocycles. The van der Waals surface area contributed by atoms with E-state index in [1.165, 1.54) is 0 Å². The number of aryl methyl sites for hydroxylation is 1. The van der Waals surface area contributed by atoms with Crippen LogP contribution in [-0.4, -0.2) is 23.7 Å². The van der Waals surface area contributed by atoms with Gasteiger partial charge >= 0.3 is 0 Å². The molecule has 2 rings (SSSR count). The first-order valence-corrected chi connectivity index (χ1v) is 7.10. The fourth-order valence-electron chi connectivity index (χ4n) is 2.36. The highest BCUT2D eigenvalue weighted by Gasteiger charge is 2.21. The Labute approximate surface area is 124 Å². The number of aromatic nitrogens is 2. The van der Waals surface area contributed by atoms with E-state index in [4.69, 9.17) is 16.3 Å². The van der Waals surface area contributed by atoms with Crippen LogP contribution in [0.15, 0.2) is 30.6 Å². The van der Waals surface area contributed by atoms with Gasteiger partial charge in [0.15, 0.2) is 0 Å². The molecule has 1 atom stereocenters. The summed E-state index contributed by atoms with van der Waals surface area (Å²) in [5.41, 5.74) is 1.03. The summed E-state index contributed by atoms with van der Waals surface area (Å²) >= 11 is 6.03. The monoisotopic (exact) mass is 293 g/mol. The van der Waals surface area contributed by atoms with Gasteiger partial charge in [-0.2, -0.15) is 0 Å². The molecule has 5 heteroatoms. The number of halogens is 1. The maximum atomic E-state index is 6.03. The molecule has 0 amide bonds. The highest BCUT2D eigenvalue weighted by Crippen LogP contribution is 2.31. The van der Waals surface area contributed by atoms with Crippen LogP contribution >= 0.6 is 11.6 Å². The number of nitrogens with one attached hydrogen (secondary N) is 1. The standard InChI is InChI=1S/C15H20ClN3O/c1-4-8-19-9-7-18-15(19)14(17-2)12-6-5-11(16)10-13(12)20-3/h5-7,9-10,14,17H,4,8H2,1-3H3. The molecule has 4 nitrogen and oxygen atoms in total. The topological polar surface area (TPSA) is 39.1 Å². The van der Waals surface area contributed by atoms with Gasteiger partial charge in [0.2, 0.25) is 0 Å². The average Bonchev–Trinajstić information content (AvgIpc) is 2.90. The summed E-state index contributed by atoms with van der Waals surface area (Å²) in [6.45, 7) is 3.10. The summed E-state index contributed by atoms with van der Waals surface area (Å²) in [5, 5.41) is 3.97. The van der Waals surface area contributed by atoms with Crippen LogP contribution in [0, 0.1) is 0 Å². The smallest absolute Gasteiger partial charge is 0.130 e. The largest absolute Gasteiger partial charge is 0.496 e. The zero-order chi connectivity index (χ0) is 14.5. The first-order chi connectivity index (χ1) is 9.71. The van der Waals surface area contributed by atoms with Crippen molar-refractivity contribution >= 4 is 11.6 Å². The van der Waals surface area contributed by atoms with Crippen LogP contribution < -0.4 is 10.1 Å². The van der Waals surface area contributed by atoms with Gasteiger partial charge in [0.25, 0.3) is 0 Å². The maximum Gasteiger partial charge on any atom is 0.130 e. The highest BCUT2D eigenvalue weighted by atomic mass is 35.5. The Bertz CT molecular complexity index is 568. The quantitative estimate of drug-likeness (QED) is 0.888. The summed E-state index contributed by atoms with van der Waals surface area (Å²) in [5.74, 6) is 1.75. The predicted octanol–water partition coefficient (Wildman–Crippen LogP) is 3.26. The highest BCUT2D eigenvalue weighted by molar-refractivity contribution is 6.30. The van der Waals surface area contributed by atoms with E-state index in [2.05, 4.69) is 21.8 Å². The molecule has 108 valence electrons. The second kappa shape index (κ2) is 6.77. The Hall–Kier alpha value is -1.52. The van der Waals surface area contributed by atoms with E-state index in [-0.39, 0.29) is 6.04 Å². The third-order valence-electron chi connectivity index (χ3n) is 3.27. The van der Waals surface area contributed by atoms with Gasteiger partial charge in [-0.25, -0.2) is 4.98 Å². The molecule has 0 aliphatic heterocycles. The van der Waals surface area contributed by atoms with E-state index < -0.39 is 0 Å². The van der Waals surface area contributed by atoms with Gasteiger partial charge in [0.05, 0.1) is 13.2 Å². The minimum Gasteiger partial charge on any atom is -0.496 e. The molecular formula is C15H20ClN3O. The van der Waals surface area contributed by atoms with Crippen LogP contribution in [0.1, 0.15) is 30.8 Å². The number of benzene rings is 1. The lowest BCUT2D eigenvalue weighted by molar-refractivity contribution is 0.403. The molecule has 2 aromatic rings. The van der Waals surface area contributed by atoms with Crippen LogP contribution in [0.4, 0.5) is 0 Å². The van der Waals surface area contributed by atoms with Gasteiger partial charge in [-0.15, -0.1) is 0 Å². The first-order valence-electron chi connectivity index (χ1n) is 6.73. The van der Waals surface area contributed by atoms with Crippen molar-refractivity contribution in [2.24, 2.45) is 0 Å². The molecule has 1 heterocycles. The van der Waals surface area contributed by atoms with Gasteiger partial charge in [0.1, 0.15) is 11.6 Å². The van der Waals surface area contributed by atoms with Crippen molar-refractivity contribution in [1.82, 2.24) is 14.9 Å². The molecule has 1 aromatic carbocycles. The van der Waals surface area contributed by atoms with Gasteiger partial charge in [0, 0.05) is 29.5 Å². The molecule has 0 aliphatic rings. The number of hydrogen-bond acceptors (Lipinski definition) is 3. The third-order valence-corrected chi connectivity index (χ3v) is 3.50. The lowest BCUT2D eigenvalue weighted by Gasteiger charge is -2.20. The fourth-order valence-corrected chi connectivity index (χ4v) is 2.52. The molecular weight excluding hydrogens is 274 g/mol. The Morgan fingerprint density at radius 3 is 2.90 bits per heavy atom. The Morgan fingerprint density at radius 1 is 1.45 bits per heavy atom. The Balaban J connectivity index is 2.44. The van der Waals surface area contributed by atoms with E-state index >= 15 is 0 Å². The van der Waals surface area contributed by atoms with E-state index in [1.54, 1.807) is 7.11 Å². The second-order valence-electron chi connectivity index (χ2n) is 4.59. The normalized spacial score (nSPS) is 12.4. The Kier molecular flexibility index (Phi) is 5.04. The molecule has 0 aliphatic carbocycles. The molecule has 1 N–H and O–H groups in total. The van der Waals surface area contributed by atoms with Gasteiger partial charge < -0.3 is 14.6 Å². The fraction of sp³-hybridized carbons (Fsp3) is 0.400. The SMILES string of the molecule is CCCn1ccnc1C(NC)c1ccc(Cl)cc1OC. The minimum absolute atomic E-state index is 0.0243. The lowest BCUT2D eigenvalue weighted by Crippen LogP contribution is -2.22. The number of methoxy groups -OCH3 is 1. The van der Waals surface area contributed by atoms with Crippen LogP contribution in [-0.2, 0) is 6.54 Å². The molecule has 0 bridgehead atoms. The van der Waals surface area contributed by atoms with Crippen molar-refractivity contribution in [2.75, 3.05) is 14.2 Å². The maximum absolute atomic E-state index is 6.03.